The van der Waals surface area contributed by atoms with Crippen LogP contribution in [0.25, 0.3) is 0 Å². The number of carbonyl (C=O) groups excluding carboxylic acids is 1. The van der Waals surface area contributed by atoms with Crippen molar-refractivity contribution >= 4 is 5.78 Å². The summed E-state index contributed by atoms with van der Waals surface area (Å²) in [6, 6.07) is 13.2. The molecule has 0 aromatic heterocycles. The van der Waals surface area contributed by atoms with Crippen molar-refractivity contribution in [2.24, 2.45) is 5.92 Å². The monoisotopic (exact) mass is 301 g/mol. The fourth-order valence-electron chi connectivity index (χ4n) is 2.94. The molecule has 2 nitrogen and oxygen atoms in total. The Morgan fingerprint density at radius 2 is 1.91 bits per heavy atom. The number of Topliss-reactive ketones (excluding diaryl/α,β-unsaturated/α-hetero) is 1. The predicted octanol–water partition coefficient (Wildman–Crippen LogP) is 3.67. The molecule has 0 N–H and O–H groups in total. The van der Waals surface area contributed by atoms with E-state index in [9.17, 15) is 13.6 Å². The summed E-state index contributed by atoms with van der Waals surface area (Å²) < 4.78 is 26.7. The van der Waals surface area contributed by atoms with Crippen LogP contribution >= 0.6 is 0 Å². The van der Waals surface area contributed by atoms with Gasteiger partial charge in [-0.25, -0.2) is 8.78 Å². The van der Waals surface area contributed by atoms with E-state index >= 15 is 0 Å². The average Bonchev–Trinajstić information content (AvgIpc) is 2.96. The number of rotatable bonds is 4. The molecule has 1 aliphatic heterocycles. The molecule has 1 aliphatic rings. The van der Waals surface area contributed by atoms with Crippen molar-refractivity contribution in [3.8, 4) is 0 Å². The maximum Gasteiger partial charge on any atom is 0.170 e. The first-order valence-electron chi connectivity index (χ1n) is 7.39. The van der Waals surface area contributed by atoms with Crippen LogP contribution in [0.15, 0.2) is 48.5 Å². The summed E-state index contributed by atoms with van der Waals surface area (Å²) in [5.74, 6) is -1.88. The zero-order chi connectivity index (χ0) is 15.5. The second kappa shape index (κ2) is 6.36. The van der Waals surface area contributed by atoms with Gasteiger partial charge < -0.3 is 0 Å². The van der Waals surface area contributed by atoms with Crippen molar-refractivity contribution in [1.29, 1.82) is 0 Å². The smallest absolute Gasteiger partial charge is 0.170 e. The van der Waals surface area contributed by atoms with Gasteiger partial charge in [-0.05, 0) is 30.7 Å². The van der Waals surface area contributed by atoms with Gasteiger partial charge in [0.1, 0.15) is 11.6 Å². The van der Waals surface area contributed by atoms with Gasteiger partial charge in [0, 0.05) is 25.1 Å². The van der Waals surface area contributed by atoms with E-state index in [4.69, 9.17) is 0 Å². The van der Waals surface area contributed by atoms with Crippen LogP contribution in [0.2, 0.25) is 0 Å². The minimum absolute atomic E-state index is 0.00652. The standard InChI is InChI=1S/C18H17F2NO/c19-15-6-7-16(17(20)10-15)18(22)14-8-9-21(12-14)11-13-4-2-1-3-5-13/h1-7,10,14H,8-9,11-12H2. The molecule has 0 aliphatic carbocycles. The van der Waals surface area contributed by atoms with Crippen molar-refractivity contribution in [1.82, 2.24) is 4.90 Å². The van der Waals surface area contributed by atoms with Gasteiger partial charge in [0.25, 0.3) is 0 Å². The van der Waals surface area contributed by atoms with E-state index in [0.29, 0.717) is 13.0 Å². The lowest BCUT2D eigenvalue weighted by atomic mass is 9.96. The second-order valence-corrected chi connectivity index (χ2v) is 5.69. The summed E-state index contributed by atoms with van der Waals surface area (Å²) in [4.78, 5) is 14.6. The Morgan fingerprint density at radius 3 is 2.64 bits per heavy atom. The SMILES string of the molecule is O=C(c1ccc(F)cc1F)C1CCN(Cc2ccccc2)C1. The molecule has 1 unspecified atom stereocenters. The number of hydrogen-bond donors (Lipinski definition) is 0. The topological polar surface area (TPSA) is 20.3 Å². The largest absolute Gasteiger partial charge is 0.298 e. The van der Waals surface area contributed by atoms with Crippen LogP contribution in [0.5, 0.6) is 0 Å². The quantitative estimate of drug-likeness (QED) is 0.803. The Balaban J connectivity index is 1.66. The summed E-state index contributed by atoms with van der Waals surface area (Å²) in [5.41, 5.74) is 1.19. The summed E-state index contributed by atoms with van der Waals surface area (Å²) in [6.07, 6.45) is 0.711. The third-order valence-corrected chi connectivity index (χ3v) is 4.09. The number of nitrogens with zero attached hydrogens (tertiary/aromatic N) is 1. The van der Waals surface area contributed by atoms with Crippen molar-refractivity contribution < 1.29 is 13.6 Å². The van der Waals surface area contributed by atoms with E-state index in [1.807, 2.05) is 18.2 Å². The normalized spacial score (nSPS) is 18.5. The predicted molar refractivity (Wildman–Crippen MR) is 80.5 cm³/mol. The highest BCUT2D eigenvalue weighted by Gasteiger charge is 2.30. The molecule has 0 radical (unpaired) electrons. The minimum Gasteiger partial charge on any atom is -0.298 e. The lowest BCUT2D eigenvalue weighted by Gasteiger charge is -2.15. The number of likely N-dealkylation sites (tertiary alicyclic amines) is 1. The van der Waals surface area contributed by atoms with Gasteiger partial charge in [-0.15, -0.1) is 0 Å². The van der Waals surface area contributed by atoms with Crippen molar-refractivity contribution in [2.45, 2.75) is 13.0 Å². The van der Waals surface area contributed by atoms with Crippen LogP contribution < -0.4 is 0 Å². The van der Waals surface area contributed by atoms with E-state index in [1.165, 1.54) is 11.6 Å². The first kappa shape index (κ1) is 14.9. The van der Waals surface area contributed by atoms with Crippen molar-refractivity contribution in [3.63, 3.8) is 0 Å². The second-order valence-electron chi connectivity index (χ2n) is 5.69. The third-order valence-electron chi connectivity index (χ3n) is 4.09. The molecule has 4 heteroatoms. The fraction of sp³-hybridized carbons (Fsp3) is 0.278. The van der Waals surface area contributed by atoms with Gasteiger partial charge in [-0.3, -0.25) is 9.69 Å². The molecule has 1 atom stereocenters. The molecule has 2 aromatic rings. The minimum atomic E-state index is -0.772. The molecular weight excluding hydrogens is 284 g/mol. The lowest BCUT2D eigenvalue weighted by molar-refractivity contribution is 0.0917. The zero-order valence-electron chi connectivity index (χ0n) is 12.1. The average molecular weight is 301 g/mol. The molecule has 1 fully saturated rings. The Kier molecular flexibility index (Phi) is 4.29. The zero-order valence-corrected chi connectivity index (χ0v) is 12.1. The van der Waals surface area contributed by atoms with Crippen LogP contribution in [0, 0.1) is 17.6 Å². The first-order chi connectivity index (χ1) is 10.6. The van der Waals surface area contributed by atoms with Gasteiger partial charge in [0.2, 0.25) is 0 Å². The van der Waals surface area contributed by atoms with E-state index in [1.54, 1.807) is 0 Å². The molecule has 0 spiro atoms. The van der Waals surface area contributed by atoms with Crippen LogP contribution in [0.4, 0.5) is 8.78 Å². The lowest BCUT2D eigenvalue weighted by Crippen LogP contribution is -2.23. The summed E-state index contributed by atoms with van der Waals surface area (Å²) in [7, 11) is 0. The van der Waals surface area contributed by atoms with Gasteiger partial charge in [0.15, 0.2) is 5.78 Å². The van der Waals surface area contributed by atoms with Gasteiger partial charge >= 0.3 is 0 Å². The molecule has 0 saturated carbocycles. The summed E-state index contributed by atoms with van der Waals surface area (Å²) in [6.45, 7) is 2.22. The van der Waals surface area contributed by atoms with E-state index in [-0.39, 0.29) is 17.3 Å². The van der Waals surface area contributed by atoms with Crippen LogP contribution in [0.1, 0.15) is 22.3 Å². The molecule has 1 heterocycles. The Bertz CT molecular complexity index is 672. The number of hydrogen-bond acceptors (Lipinski definition) is 2. The molecule has 1 saturated heterocycles. The van der Waals surface area contributed by atoms with Gasteiger partial charge in [-0.1, -0.05) is 30.3 Å². The van der Waals surface area contributed by atoms with Crippen molar-refractivity contribution in [2.75, 3.05) is 13.1 Å². The molecule has 2 aromatic carbocycles. The first-order valence-corrected chi connectivity index (χ1v) is 7.39. The van der Waals surface area contributed by atoms with E-state index < -0.39 is 11.6 Å². The van der Waals surface area contributed by atoms with Crippen LogP contribution in [0.3, 0.4) is 0 Å². The molecular formula is C18H17F2NO. The van der Waals surface area contributed by atoms with E-state index in [0.717, 1.165) is 25.2 Å². The molecule has 0 bridgehead atoms. The van der Waals surface area contributed by atoms with Gasteiger partial charge in [-0.2, -0.15) is 0 Å². The highest BCUT2D eigenvalue weighted by molar-refractivity contribution is 5.98. The van der Waals surface area contributed by atoms with Crippen molar-refractivity contribution in [3.05, 3.63) is 71.3 Å². The third kappa shape index (κ3) is 3.22. The number of ketones is 1. The maximum absolute atomic E-state index is 13.7. The Labute approximate surface area is 128 Å². The molecule has 114 valence electrons. The van der Waals surface area contributed by atoms with Crippen LogP contribution in [-0.4, -0.2) is 23.8 Å². The van der Waals surface area contributed by atoms with Crippen LogP contribution in [-0.2, 0) is 6.54 Å². The molecule has 3 rings (SSSR count). The summed E-state index contributed by atoms with van der Waals surface area (Å²) >= 11 is 0. The highest BCUT2D eigenvalue weighted by atomic mass is 19.1. The van der Waals surface area contributed by atoms with Gasteiger partial charge in [0.05, 0.1) is 5.56 Å². The molecule has 0 amide bonds. The molecule has 22 heavy (non-hydrogen) atoms. The fourth-order valence-corrected chi connectivity index (χ4v) is 2.94. The summed E-state index contributed by atoms with van der Waals surface area (Å²) in [5, 5.41) is 0. The number of halogens is 2. The Morgan fingerprint density at radius 1 is 1.14 bits per heavy atom. The maximum atomic E-state index is 13.7. The van der Waals surface area contributed by atoms with E-state index in [2.05, 4.69) is 17.0 Å². The Hall–Kier alpha value is -2.07. The number of carbonyl (C=O) groups is 1. The number of benzene rings is 2. The highest BCUT2D eigenvalue weighted by Crippen LogP contribution is 2.24.